The number of aliphatic hydroxyl groups is 2. The van der Waals surface area contributed by atoms with Gasteiger partial charge in [0.2, 0.25) is 5.60 Å². The van der Waals surface area contributed by atoms with Crippen LogP contribution < -0.4 is 15.3 Å². The Morgan fingerprint density at radius 2 is 2.03 bits per heavy atom. The minimum absolute atomic E-state index is 0.203. The molecule has 0 bridgehead atoms. The molecule has 2 aromatic heterocycles. The van der Waals surface area contributed by atoms with E-state index in [0.717, 1.165) is 0 Å². The maximum Gasteiger partial charge on any atom is 0.320 e. The number of benzene rings is 1. The molecule has 1 unspecified atom stereocenters. The second kappa shape index (κ2) is 12.6. The summed E-state index contributed by atoms with van der Waals surface area (Å²) in [6.45, 7) is -0.386. The molecule has 5 N–H and O–H groups in total. The van der Waals surface area contributed by atoms with Gasteiger partial charge in [0, 0.05) is 0 Å². The van der Waals surface area contributed by atoms with E-state index < -0.39 is 43.1 Å². The molecule has 3 heterocycles. The summed E-state index contributed by atoms with van der Waals surface area (Å²) in [6.07, 6.45) is -3.12. The second-order valence-electron chi connectivity index (χ2n) is 7.76. The van der Waals surface area contributed by atoms with Gasteiger partial charge in [-0.1, -0.05) is 32.0 Å². The molecule has 0 saturated carbocycles. The highest BCUT2D eigenvalue weighted by Gasteiger charge is 2.57. The molecule has 1 saturated heterocycles. The highest BCUT2D eigenvalue weighted by molar-refractivity contribution is 8.09. The molecular formula is C23H29N6O7PS. The number of nitrogens with two attached hydrogens (primary N) is 1. The monoisotopic (exact) mass is 564 g/mol. The molecule has 204 valence electrons. The topological polar surface area (TPSA) is 186 Å². The van der Waals surface area contributed by atoms with Crippen molar-refractivity contribution in [3.63, 3.8) is 0 Å². The van der Waals surface area contributed by atoms with Crippen LogP contribution in [0.2, 0.25) is 0 Å². The fourth-order valence-electron chi connectivity index (χ4n) is 3.61. The van der Waals surface area contributed by atoms with Gasteiger partial charge in [-0.15, -0.1) is 0 Å². The largest absolute Gasteiger partial charge is 0.468 e. The lowest BCUT2D eigenvalue weighted by Crippen LogP contribution is -2.46. The molecule has 0 amide bonds. The molecule has 5 atom stereocenters. The third-order valence-electron chi connectivity index (χ3n) is 5.50. The number of aliphatic hydroxyl groups excluding tert-OH is 2. The Kier molecular flexibility index (Phi) is 9.75. The predicted octanol–water partition coefficient (Wildman–Crippen LogP) is 1.48. The fourth-order valence-corrected chi connectivity index (χ4v) is 5.52. The summed E-state index contributed by atoms with van der Waals surface area (Å²) < 4.78 is 23.6. The second-order valence-corrected chi connectivity index (χ2v) is 11.0. The molecule has 1 fully saturated rings. The zero-order chi connectivity index (χ0) is 27.9. The lowest BCUT2D eigenvalue weighted by Gasteiger charge is -2.29. The van der Waals surface area contributed by atoms with Gasteiger partial charge < -0.3 is 34.5 Å². The summed E-state index contributed by atoms with van der Waals surface area (Å²) in [5, 5.41) is 38.5. The van der Waals surface area contributed by atoms with Crippen molar-refractivity contribution in [1.82, 2.24) is 19.7 Å². The maximum absolute atomic E-state index is 11.7. The molecule has 3 aromatic rings. The Balaban J connectivity index is 0.00000195. The van der Waals surface area contributed by atoms with Gasteiger partial charge >= 0.3 is 12.6 Å². The molecule has 13 nitrogen and oxygen atoms in total. The van der Waals surface area contributed by atoms with Gasteiger partial charge in [0.25, 0.3) is 0 Å². The van der Waals surface area contributed by atoms with Crippen LogP contribution in [0.1, 0.15) is 25.6 Å². The van der Waals surface area contributed by atoms with Crippen molar-refractivity contribution in [3.8, 4) is 11.8 Å². The third kappa shape index (κ3) is 6.11. The van der Waals surface area contributed by atoms with Crippen LogP contribution in [0.15, 0.2) is 48.8 Å². The molecule has 4 rings (SSSR count). The smallest absolute Gasteiger partial charge is 0.320 e. The quantitative estimate of drug-likeness (QED) is 0.216. The van der Waals surface area contributed by atoms with Crippen LogP contribution in [0.25, 0.3) is 5.52 Å². The summed E-state index contributed by atoms with van der Waals surface area (Å²) in [6, 6.07) is 13.6. The molecule has 0 spiro atoms. The van der Waals surface area contributed by atoms with E-state index in [-0.39, 0.29) is 12.4 Å². The van der Waals surface area contributed by atoms with Crippen LogP contribution in [0.4, 0.5) is 5.82 Å². The number of fused-ring (bicyclic) bond motifs is 1. The number of carbonyl (C=O) groups is 1. The number of nitriles is 1. The number of nitrogens with one attached hydrogen (secondary N) is 1. The van der Waals surface area contributed by atoms with E-state index in [1.807, 2.05) is 19.9 Å². The van der Waals surface area contributed by atoms with E-state index in [9.17, 15) is 20.3 Å². The van der Waals surface area contributed by atoms with Crippen LogP contribution in [0.5, 0.6) is 5.75 Å². The SMILES string of the molecule is CC.COC(=O)CNP(=S)(OC[C@@]1(C#N)O[C@@H](c2ccc3c(N)ncnn23)[C@H](O)[C@@H]1O)Oc1ccccc1. The highest BCUT2D eigenvalue weighted by atomic mass is 32.5. The highest BCUT2D eigenvalue weighted by Crippen LogP contribution is 2.48. The van der Waals surface area contributed by atoms with E-state index in [0.29, 0.717) is 17.0 Å². The van der Waals surface area contributed by atoms with Crippen molar-refractivity contribution in [2.24, 2.45) is 0 Å². The van der Waals surface area contributed by atoms with Crippen LogP contribution in [-0.2, 0) is 30.6 Å². The van der Waals surface area contributed by atoms with Crippen molar-refractivity contribution in [1.29, 1.82) is 5.26 Å². The molecule has 1 aliphatic rings. The van der Waals surface area contributed by atoms with Crippen molar-refractivity contribution in [3.05, 3.63) is 54.5 Å². The Morgan fingerprint density at radius 3 is 2.68 bits per heavy atom. The molecule has 38 heavy (non-hydrogen) atoms. The van der Waals surface area contributed by atoms with Crippen LogP contribution in [-0.4, -0.2) is 68.9 Å². The first kappa shape index (κ1) is 29.4. The van der Waals surface area contributed by atoms with Crippen molar-refractivity contribution in [2.75, 3.05) is 26.0 Å². The van der Waals surface area contributed by atoms with Crippen LogP contribution >= 0.6 is 6.64 Å². The minimum Gasteiger partial charge on any atom is -0.468 e. The number of anilines is 1. The number of carbonyl (C=O) groups excluding carboxylic acids is 1. The molecule has 0 aliphatic carbocycles. The number of ether oxygens (including phenoxy) is 2. The minimum atomic E-state index is -3.47. The van der Waals surface area contributed by atoms with Gasteiger partial charge in [-0.05, 0) is 36.1 Å². The molecule has 15 heteroatoms. The van der Waals surface area contributed by atoms with Gasteiger partial charge in [0.1, 0.15) is 55.1 Å². The number of methoxy groups -OCH3 is 1. The number of hydrogen-bond acceptors (Lipinski definition) is 12. The van der Waals surface area contributed by atoms with Gasteiger partial charge in [0.15, 0.2) is 5.82 Å². The number of rotatable bonds is 9. The summed E-state index contributed by atoms with van der Waals surface area (Å²) in [7, 11) is 1.21. The molecular weight excluding hydrogens is 535 g/mol. The number of hydrogen-bond donors (Lipinski definition) is 4. The Labute approximate surface area is 224 Å². The van der Waals surface area contributed by atoms with Gasteiger partial charge in [-0.2, -0.15) is 10.4 Å². The first-order valence-electron chi connectivity index (χ1n) is 11.6. The van der Waals surface area contributed by atoms with Crippen LogP contribution in [0.3, 0.4) is 0 Å². The van der Waals surface area contributed by atoms with E-state index in [1.54, 1.807) is 42.5 Å². The Hall–Kier alpha value is -3.15. The van der Waals surface area contributed by atoms with Gasteiger partial charge in [0.05, 0.1) is 12.8 Å². The van der Waals surface area contributed by atoms with E-state index >= 15 is 0 Å². The maximum atomic E-state index is 11.7. The number of nitrogens with zero attached hydrogens (tertiary/aromatic N) is 4. The first-order valence-corrected chi connectivity index (χ1v) is 14.2. The normalized spacial score (nSPS) is 24.1. The lowest BCUT2D eigenvalue weighted by atomic mass is 9.96. The van der Waals surface area contributed by atoms with Gasteiger partial charge in [-0.25, -0.2) is 14.6 Å². The predicted molar refractivity (Wildman–Crippen MR) is 140 cm³/mol. The molecule has 0 radical (unpaired) electrons. The van der Waals surface area contributed by atoms with Crippen molar-refractivity contribution < 1.29 is 33.5 Å². The Morgan fingerprint density at radius 1 is 1.32 bits per heavy atom. The Bertz CT molecular complexity index is 1340. The number of esters is 1. The zero-order valence-electron chi connectivity index (χ0n) is 20.9. The number of para-hydroxylation sites is 1. The number of aromatic nitrogens is 3. The van der Waals surface area contributed by atoms with E-state index in [1.165, 1.54) is 18.0 Å². The average molecular weight is 565 g/mol. The fraction of sp³-hybridized carbons (Fsp3) is 0.391. The average Bonchev–Trinajstić information content (AvgIpc) is 3.48. The summed E-state index contributed by atoms with van der Waals surface area (Å²) in [4.78, 5) is 15.6. The number of nitrogen functional groups attached to an aromatic ring is 1. The summed E-state index contributed by atoms with van der Waals surface area (Å²) in [5.41, 5.74) is 4.65. The summed E-state index contributed by atoms with van der Waals surface area (Å²) >= 11 is 5.54. The third-order valence-corrected chi connectivity index (χ3v) is 7.90. The lowest BCUT2D eigenvalue weighted by molar-refractivity contribution is -0.139. The van der Waals surface area contributed by atoms with Crippen molar-refractivity contribution in [2.45, 2.75) is 37.8 Å². The molecule has 1 aliphatic heterocycles. The zero-order valence-corrected chi connectivity index (χ0v) is 22.6. The summed E-state index contributed by atoms with van der Waals surface area (Å²) in [5.74, 6) is -0.0602. The first-order chi connectivity index (χ1) is 18.2. The van der Waals surface area contributed by atoms with Gasteiger partial charge in [-0.3, -0.25) is 4.79 Å². The van der Waals surface area contributed by atoms with E-state index in [2.05, 4.69) is 19.9 Å². The van der Waals surface area contributed by atoms with Crippen LogP contribution in [0, 0.1) is 11.3 Å². The van der Waals surface area contributed by atoms with E-state index in [4.69, 9.17) is 31.3 Å². The standard InChI is InChI=1S/C21H23N6O7PS.C2H6/c1-31-16(28)9-26-35(36,34-13-5-3-2-4-6-13)32-11-21(10-22)19(30)17(29)18(33-21)14-7-8-15-20(23)24-12-25-27(14)15;1-2/h2-8,12,17-19,29-30H,9,11H2,1H3,(H,26,36)(H2,23,24,25);1-2H3/t17-,18-,19-,21+,35?;/m0./s1. The molecule has 1 aromatic carbocycles. The van der Waals surface area contributed by atoms with Crippen molar-refractivity contribution >= 4 is 35.8 Å².